The Morgan fingerprint density at radius 2 is 1.65 bits per heavy atom. The number of hydrazine groups is 1. The van der Waals surface area contributed by atoms with Gasteiger partial charge in [0.15, 0.2) is 18.2 Å². The molecule has 0 atom stereocenters. The highest BCUT2D eigenvalue weighted by Crippen LogP contribution is 2.25. The van der Waals surface area contributed by atoms with Crippen LogP contribution < -0.4 is 15.0 Å². The lowest BCUT2D eigenvalue weighted by molar-refractivity contribution is -0.123. The van der Waals surface area contributed by atoms with Crippen LogP contribution in [0.5, 0.6) is 5.75 Å². The van der Waals surface area contributed by atoms with Crippen molar-refractivity contribution in [3.05, 3.63) is 58.4 Å². The molecule has 0 fully saturated rings. The maximum atomic E-state index is 13.4. The number of carbonyl (C=O) groups excluding carboxylic acids is 1. The summed E-state index contributed by atoms with van der Waals surface area (Å²) in [4.78, 5) is 14.0. The summed E-state index contributed by atoms with van der Waals surface area (Å²) < 4.78 is 43.6. The highest BCUT2D eigenvalue weighted by Gasteiger charge is 2.22. The Balaban J connectivity index is 2.07. The van der Waals surface area contributed by atoms with E-state index in [1.54, 1.807) is 19.9 Å². The van der Waals surface area contributed by atoms with Gasteiger partial charge in [0.2, 0.25) is 0 Å². The molecule has 2 aromatic carbocycles. The molecule has 0 saturated carbocycles. The molecule has 6 nitrogen and oxygen atoms in total. The van der Waals surface area contributed by atoms with Crippen LogP contribution in [-0.2, 0) is 14.8 Å². The first-order valence-electron chi connectivity index (χ1n) is 7.89. The third-order valence-electron chi connectivity index (χ3n) is 4.09. The summed E-state index contributed by atoms with van der Waals surface area (Å²) in [6.45, 7) is 6.52. The number of ether oxygens (including phenoxy) is 1. The molecule has 8 heteroatoms. The first-order chi connectivity index (χ1) is 12.1. The predicted molar refractivity (Wildman–Crippen MR) is 95.7 cm³/mol. The second-order valence-electron chi connectivity index (χ2n) is 5.96. The fraction of sp³-hybridized carbons (Fsp3) is 0.278. The zero-order valence-corrected chi connectivity index (χ0v) is 15.8. The molecule has 2 N–H and O–H groups in total. The SMILES string of the molecule is Cc1cc(C)c(C)c(S(=O)(=O)NNC(=O)COc2ccccc2F)c1C. The number of hydrogen-bond acceptors (Lipinski definition) is 4. The first kappa shape index (κ1) is 19.9. The summed E-state index contributed by atoms with van der Waals surface area (Å²) in [6.07, 6.45) is 0. The van der Waals surface area contributed by atoms with Gasteiger partial charge in [0.25, 0.3) is 15.9 Å². The van der Waals surface area contributed by atoms with Crippen molar-refractivity contribution < 1.29 is 22.3 Å². The van der Waals surface area contributed by atoms with Crippen LogP contribution in [0, 0.1) is 33.5 Å². The van der Waals surface area contributed by atoms with Crippen molar-refractivity contribution in [3.8, 4) is 5.75 Å². The molecule has 0 aliphatic heterocycles. The van der Waals surface area contributed by atoms with Gasteiger partial charge in [0.1, 0.15) is 0 Å². The highest BCUT2D eigenvalue weighted by atomic mass is 32.2. The van der Waals surface area contributed by atoms with Crippen LogP contribution in [-0.4, -0.2) is 20.9 Å². The topological polar surface area (TPSA) is 84.5 Å². The lowest BCUT2D eigenvalue weighted by Gasteiger charge is -2.16. The summed E-state index contributed by atoms with van der Waals surface area (Å²) in [5, 5.41) is 0. The maximum absolute atomic E-state index is 13.4. The average Bonchev–Trinajstić information content (AvgIpc) is 2.57. The molecule has 26 heavy (non-hydrogen) atoms. The van der Waals surface area contributed by atoms with Gasteiger partial charge in [-0.15, -0.1) is 4.83 Å². The van der Waals surface area contributed by atoms with E-state index in [1.807, 2.05) is 19.9 Å². The number of sulfonamides is 1. The van der Waals surface area contributed by atoms with Crippen molar-refractivity contribution in [2.45, 2.75) is 32.6 Å². The predicted octanol–water partition coefficient (Wildman–Crippen LogP) is 2.45. The van der Waals surface area contributed by atoms with Crippen molar-refractivity contribution in [2.75, 3.05) is 6.61 Å². The molecule has 0 bridgehead atoms. The van der Waals surface area contributed by atoms with Crippen LogP contribution in [0.15, 0.2) is 35.2 Å². The molecule has 2 rings (SSSR count). The summed E-state index contributed by atoms with van der Waals surface area (Å²) in [5.74, 6) is -1.45. The van der Waals surface area contributed by atoms with Crippen LogP contribution in [0.4, 0.5) is 4.39 Å². The Labute approximate surface area is 152 Å². The number of carbonyl (C=O) groups is 1. The Kier molecular flexibility index (Phi) is 5.99. The largest absolute Gasteiger partial charge is 0.481 e. The molecule has 0 radical (unpaired) electrons. The Morgan fingerprint density at radius 1 is 1.08 bits per heavy atom. The molecule has 1 amide bonds. The molecule has 0 aliphatic carbocycles. The average molecular weight is 380 g/mol. The molecule has 0 unspecified atom stereocenters. The van der Waals surface area contributed by atoms with E-state index >= 15 is 0 Å². The van der Waals surface area contributed by atoms with Crippen molar-refractivity contribution in [3.63, 3.8) is 0 Å². The molecule has 0 aromatic heterocycles. The van der Waals surface area contributed by atoms with Crippen molar-refractivity contribution >= 4 is 15.9 Å². The van der Waals surface area contributed by atoms with Crippen molar-refractivity contribution in [1.82, 2.24) is 10.3 Å². The molecule has 0 spiro atoms. The Morgan fingerprint density at radius 3 is 2.23 bits per heavy atom. The third-order valence-corrected chi connectivity index (χ3v) is 5.61. The minimum Gasteiger partial charge on any atom is -0.481 e. The summed E-state index contributed by atoms with van der Waals surface area (Å²) >= 11 is 0. The third kappa shape index (κ3) is 4.39. The molecule has 0 aliphatic rings. The van der Waals surface area contributed by atoms with Gasteiger partial charge in [-0.05, 0) is 62.1 Å². The van der Waals surface area contributed by atoms with Crippen LogP contribution in [0.2, 0.25) is 0 Å². The van der Waals surface area contributed by atoms with Crippen LogP contribution in [0.25, 0.3) is 0 Å². The summed E-state index contributed by atoms with van der Waals surface area (Å²) in [6, 6.07) is 7.52. The number of rotatable bonds is 6. The smallest absolute Gasteiger partial charge is 0.272 e. The van der Waals surface area contributed by atoms with E-state index in [1.165, 1.54) is 18.2 Å². The van der Waals surface area contributed by atoms with E-state index < -0.39 is 28.4 Å². The van der Waals surface area contributed by atoms with Gasteiger partial charge in [-0.25, -0.2) is 12.8 Å². The van der Waals surface area contributed by atoms with Crippen LogP contribution in [0.1, 0.15) is 22.3 Å². The minimum atomic E-state index is -3.96. The number of para-hydroxylation sites is 1. The standard InChI is InChI=1S/C18H21FN2O4S/c1-11-9-12(2)14(4)18(13(11)3)26(23,24)21-20-17(22)10-25-16-8-6-5-7-15(16)19/h5-9,21H,10H2,1-4H3,(H,20,22). The second-order valence-corrected chi connectivity index (χ2v) is 7.58. The van der Waals surface area contributed by atoms with E-state index in [-0.39, 0.29) is 10.6 Å². The first-order valence-corrected chi connectivity index (χ1v) is 9.37. The van der Waals surface area contributed by atoms with Gasteiger partial charge < -0.3 is 4.74 Å². The lowest BCUT2D eigenvalue weighted by atomic mass is 10.0. The van der Waals surface area contributed by atoms with Crippen LogP contribution in [0.3, 0.4) is 0 Å². The number of nitrogens with one attached hydrogen (secondary N) is 2. The van der Waals surface area contributed by atoms with E-state index in [9.17, 15) is 17.6 Å². The van der Waals surface area contributed by atoms with E-state index in [2.05, 4.69) is 10.3 Å². The quantitative estimate of drug-likeness (QED) is 0.754. The Hall–Kier alpha value is -2.45. The molecular formula is C18H21FN2O4S. The number of hydrogen-bond donors (Lipinski definition) is 2. The fourth-order valence-electron chi connectivity index (χ4n) is 2.50. The number of halogens is 1. The van der Waals surface area contributed by atoms with Gasteiger partial charge >= 0.3 is 0 Å². The summed E-state index contributed by atoms with van der Waals surface area (Å²) in [7, 11) is -3.96. The number of benzene rings is 2. The second kappa shape index (κ2) is 7.84. The van der Waals surface area contributed by atoms with Gasteiger partial charge in [-0.1, -0.05) is 18.2 Å². The van der Waals surface area contributed by atoms with Crippen LogP contribution >= 0.6 is 0 Å². The zero-order valence-electron chi connectivity index (χ0n) is 15.0. The van der Waals surface area contributed by atoms with Gasteiger partial charge in [-0.3, -0.25) is 10.2 Å². The maximum Gasteiger partial charge on any atom is 0.272 e. The van der Waals surface area contributed by atoms with E-state index in [4.69, 9.17) is 4.74 Å². The molecule has 0 saturated heterocycles. The van der Waals surface area contributed by atoms with Gasteiger partial charge in [-0.2, -0.15) is 0 Å². The monoisotopic (exact) mass is 380 g/mol. The molecule has 2 aromatic rings. The highest BCUT2D eigenvalue weighted by molar-refractivity contribution is 7.89. The van der Waals surface area contributed by atoms with Crippen molar-refractivity contribution in [1.29, 1.82) is 0 Å². The van der Waals surface area contributed by atoms with E-state index in [0.717, 1.165) is 11.1 Å². The van der Waals surface area contributed by atoms with E-state index in [0.29, 0.717) is 11.1 Å². The van der Waals surface area contributed by atoms with Crippen molar-refractivity contribution in [2.24, 2.45) is 0 Å². The number of aryl methyl sites for hydroxylation is 2. The zero-order chi connectivity index (χ0) is 19.5. The van der Waals surface area contributed by atoms with Gasteiger partial charge in [0.05, 0.1) is 4.90 Å². The minimum absolute atomic E-state index is 0.0912. The Bertz CT molecular complexity index is 916. The molecule has 140 valence electrons. The van der Waals surface area contributed by atoms with Gasteiger partial charge in [0, 0.05) is 0 Å². The lowest BCUT2D eigenvalue weighted by Crippen LogP contribution is -2.44. The fourth-order valence-corrected chi connectivity index (χ4v) is 3.98. The molecular weight excluding hydrogens is 359 g/mol. The summed E-state index contributed by atoms with van der Waals surface area (Å²) in [5.41, 5.74) is 4.97. The number of amides is 1. The molecule has 0 heterocycles. The normalized spacial score (nSPS) is 11.3.